The molecule has 0 saturated carbocycles. The van der Waals surface area contributed by atoms with Crippen LogP contribution in [0.15, 0.2) is 62.7 Å². The van der Waals surface area contributed by atoms with Gasteiger partial charge in [-0.15, -0.1) is 0 Å². The van der Waals surface area contributed by atoms with Crippen molar-refractivity contribution in [1.82, 2.24) is 25.0 Å². The van der Waals surface area contributed by atoms with E-state index in [0.29, 0.717) is 16.7 Å². The van der Waals surface area contributed by atoms with Gasteiger partial charge in [-0.1, -0.05) is 17.3 Å². The van der Waals surface area contributed by atoms with Gasteiger partial charge in [0.05, 0.1) is 36.6 Å². The van der Waals surface area contributed by atoms with Crippen LogP contribution >= 0.6 is 0 Å². The van der Waals surface area contributed by atoms with Crippen molar-refractivity contribution in [3.8, 4) is 0 Å². The number of nitrogens with one attached hydrogen (secondary N) is 1. The van der Waals surface area contributed by atoms with E-state index in [1.54, 1.807) is 30.3 Å². The summed E-state index contributed by atoms with van der Waals surface area (Å²) < 4.78 is 11.4. The highest BCUT2D eigenvalue weighted by atomic mass is 16.5. The van der Waals surface area contributed by atoms with E-state index in [1.807, 2.05) is 6.07 Å². The Morgan fingerprint density at radius 1 is 1.19 bits per heavy atom. The zero-order valence-corrected chi connectivity index (χ0v) is 13.5. The van der Waals surface area contributed by atoms with E-state index in [0.717, 1.165) is 0 Å². The summed E-state index contributed by atoms with van der Waals surface area (Å²) in [6, 6.07) is 10.5. The number of amides is 1. The molecule has 3 heterocycles. The first-order valence-electron chi connectivity index (χ1n) is 7.78. The summed E-state index contributed by atoms with van der Waals surface area (Å²) in [5.74, 6) is 0.0942. The molecule has 0 unspecified atom stereocenters. The highest BCUT2D eigenvalue weighted by Gasteiger charge is 2.16. The molecule has 4 aromatic rings. The second-order valence-corrected chi connectivity index (χ2v) is 5.47. The zero-order valence-electron chi connectivity index (χ0n) is 13.5. The van der Waals surface area contributed by atoms with E-state index in [-0.39, 0.29) is 30.4 Å². The molecular formula is C17H13N5O4. The van der Waals surface area contributed by atoms with Gasteiger partial charge >= 0.3 is 11.8 Å². The van der Waals surface area contributed by atoms with Crippen LogP contribution in [0.1, 0.15) is 22.3 Å². The molecule has 9 nitrogen and oxygen atoms in total. The fraction of sp³-hybridized carbons (Fsp3) is 0.118. The van der Waals surface area contributed by atoms with Crippen molar-refractivity contribution in [1.29, 1.82) is 0 Å². The number of para-hydroxylation sites is 1. The number of rotatable bonds is 5. The van der Waals surface area contributed by atoms with E-state index in [1.165, 1.54) is 17.2 Å². The van der Waals surface area contributed by atoms with Gasteiger partial charge in [-0.2, -0.15) is 4.98 Å². The number of fused-ring (bicyclic) bond motifs is 1. The molecule has 1 N–H and O–H groups in total. The van der Waals surface area contributed by atoms with Crippen LogP contribution in [0.5, 0.6) is 0 Å². The number of benzene rings is 1. The molecule has 1 amide bonds. The molecule has 0 aliphatic heterocycles. The Balaban J connectivity index is 1.49. The van der Waals surface area contributed by atoms with Gasteiger partial charge in [-0.05, 0) is 24.3 Å². The summed E-state index contributed by atoms with van der Waals surface area (Å²) in [6.07, 6.45) is 2.93. The van der Waals surface area contributed by atoms with Gasteiger partial charge < -0.3 is 14.3 Å². The van der Waals surface area contributed by atoms with Crippen molar-refractivity contribution < 1.29 is 13.7 Å². The van der Waals surface area contributed by atoms with Gasteiger partial charge in [0.15, 0.2) is 5.82 Å². The van der Waals surface area contributed by atoms with Crippen molar-refractivity contribution in [2.75, 3.05) is 0 Å². The minimum absolute atomic E-state index is 0.0473. The highest BCUT2D eigenvalue weighted by Crippen LogP contribution is 2.06. The number of hydrogen-bond donors (Lipinski definition) is 1. The minimum Gasteiger partial charge on any atom is -0.467 e. The molecule has 4 rings (SSSR count). The molecular weight excluding hydrogens is 338 g/mol. The Morgan fingerprint density at radius 3 is 2.92 bits per heavy atom. The number of aromatic nitrogens is 4. The number of carbonyl (C=O) groups excluding carboxylic acids is 1. The van der Waals surface area contributed by atoms with Gasteiger partial charge in [-0.3, -0.25) is 14.2 Å². The smallest absolute Gasteiger partial charge is 0.316 e. The standard InChI is InChI=1S/C17H13N5O4/c23-15(18-8-11-4-3-7-25-11)16-20-14(21-26-16)9-22-10-19-13-6-2-1-5-12(13)17(22)24/h1-7,10H,8-9H2,(H,18,23). The molecule has 0 radical (unpaired) electrons. The minimum atomic E-state index is -0.524. The molecule has 0 bridgehead atoms. The third kappa shape index (κ3) is 3.09. The summed E-state index contributed by atoms with van der Waals surface area (Å²) in [6.45, 7) is 0.253. The van der Waals surface area contributed by atoms with Gasteiger partial charge in [0.25, 0.3) is 5.56 Å². The average molecular weight is 351 g/mol. The number of nitrogens with zero attached hydrogens (tertiary/aromatic N) is 4. The second kappa shape index (κ2) is 6.63. The Morgan fingerprint density at radius 2 is 2.08 bits per heavy atom. The lowest BCUT2D eigenvalue weighted by Crippen LogP contribution is -2.23. The monoisotopic (exact) mass is 351 g/mol. The van der Waals surface area contributed by atoms with E-state index in [2.05, 4.69) is 20.4 Å². The predicted octanol–water partition coefficient (Wildman–Crippen LogP) is 1.35. The maximum Gasteiger partial charge on any atom is 0.316 e. The lowest BCUT2D eigenvalue weighted by Gasteiger charge is -2.03. The van der Waals surface area contributed by atoms with Crippen LogP contribution in [0.4, 0.5) is 0 Å². The van der Waals surface area contributed by atoms with Crippen LogP contribution in [0, 0.1) is 0 Å². The Bertz CT molecular complexity index is 1110. The zero-order chi connectivity index (χ0) is 17.9. The van der Waals surface area contributed by atoms with E-state index >= 15 is 0 Å². The summed E-state index contributed by atoms with van der Waals surface area (Å²) >= 11 is 0. The van der Waals surface area contributed by atoms with Crippen LogP contribution < -0.4 is 10.9 Å². The Kier molecular flexibility index (Phi) is 4.02. The lowest BCUT2D eigenvalue weighted by atomic mass is 10.2. The number of furan rings is 1. The molecule has 0 saturated heterocycles. The van der Waals surface area contributed by atoms with E-state index in [4.69, 9.17) is 8.94 Å². The first-order valence-corrected chi connectivity index (χ1v) is 7.78. The SMILES string of the molecule is O=C(NCc1ccco1)c1nc(Cn2cnc3ccccc3c2=O)no1. The Hall–Kier alpha value is -3.75. The average Bonchev–Trinajstić information content (AvgIpc) is 3.34. The summed E-state index contributed by atoms with van der Waals surface area (Å²) in [4.78, 5) is 32.7. The Labute approximate surface area is 146 Å². The van der Waals surface area contributed by atoms with Crippen molar-refractivity contribution >= 4 is 16.8 Å². The molecule has 130 valence electrons. The molecule has 0 spiro atoms. The maximum absolute atomic E-state index is 12.5. The topological polar surface area (TPSA) is 116 Å². The van der Waals surface area contributed by atoms with Crippen LogP contribution in [0.3, 0.4) is 0 Å². The van der Waals surface area contributed by atoms with Crippen molar-refractivity contribution in [2.24, 2.45) is 0 Å². The van der Waals surface area contributed by atoms with Gasteiger partial charge in [-0.25, -0.2) is 4.98 Å². The van der Waals surface area contributed by atoms with Gasteiger partial charge in [0.1, 0.15) is 5.76 Å². The highest BCUT2D eigenvalue weighted by molar-refractivity contribution is 5.89. The summed E-state index contributed by atoms with van der Waals surface area (Å²) in [7, 11) is 0. The quantitative estimate of drug-likeness (QED) is 0.577. The number of hydrogen-bond acceptors (Lipinski definition) is 7. The molecule has 3 aromatic heterocycles. The van der Waals surface area contributed by atoms with Crippen molar-refractivity contribution in [3.05, 3.63) is 76.8 Å². The molecule has 0 atom stereocenters. The van der Waals surface area contributed by atoms with Crippen molar-refractivity contribution in [3.63, 3.8) is 0 Å². The third-order valence-electron chi connectivity index (χ3n) is 3.71. The van der Waals surface area contributed by atoms with Gasteiger partial charge in [0.2, 0.25) is 0 Å². The summed E-state index contributed by atoms with van der Waals surface area (Å²) in [5, 5.41) is 6.84. The molecule has 0 fully saturated rings. The summed E-state index contributed by atoms with van der Waals surface area (Å²) in [5.41, 5.74) is 0.393. The fourth-order valence-corrected chi connectivity index (χ4v) is 2.44. The first-order chi connectivity index (χ1) is 12.7. The number of carbonyl (C=O) groups is 1. The van der Waals surface area contributed by atoms with E-state index < -0.39 is 5.91 Å². The lowest BCUT2D eigenvalue weighted by molar-refractivity contribution is 0.0904. The van der Waals surface area contributed by atoms with Crippen molar-refractivity contribution in [2.45, 2.75) is 13.1 Å². The van der Waals surface area contributed by atoms with Crippen LogP contribution in [0.2, 0.25) is 0 Å². The van der Waals surface area contributed by atoms with Gasteiger partial charge in [0, 0.05) is 0 Å². The molecule has 0 aliphatic carbocycles. The van der Waals surface area contributed by atoms with E-state index in [9.17, 15) is 9.59 Å². The fourth-order valence-electron chi connectivity index (χ4n) is 2.44. The van der Waals surface area contributed by atoms with Crippen LogP contribution in [-0.2, 0) is 13.1 Å². The normalized spacial score (nSPS) is 10.9. The molecule has 26 heavy (non-hydrogen) atoms. The maximum atomic E-state index is 12.5. The largest absolute Gasteiger partial charge is 0.467 e. The molecule has 9 heteroatoms. The second-order valence-electron chi connectivity index (χ2n) is 5.47. The predicted molar refractivity (Wildman–Crippen MR) is 89.3 cm³/mol. The van der Waals surface area contributed by atoms with Crippen LogP contribution in [0.25, 0.3) is 10.9 Å². The first kappa shape index (κ1) is 15.8. The molecule has 1 aromatic carbocycles. The third-order valence-corrected chi connectivity index (χ3v) is 3.71. The van der Waals surface area contributed by atoms with Crippen LogP contribution in [-0.4, -0.2) is 25.6 Å². The molecule has 0 aliphatic rings.